The Morgan fingerprint density at radius 3 is 2.95 bits per heavy atom. The van der Waals surface area contributed by atoms with Crippen LogP contribution in [0.1, 0.15) is 20.4 Å². The Kier molecular flexibility index (Phi) is 2.79. The van der Waals surface area contributed by atoms with Gasteiger partial charge < -0.3 is 10.3 Å². The monoisotopic (exact) mass is 272 g/mol. The lowest BCUT2D eigenvalue weighted by Crippen LogP contribution is -2.13. The van der Waals surface area contributed by atoms with E-state index in [9.17, 15) is 4.79 Å². The van der Waals surface area contributed by atoms with Gasteiger partial charge in [-0.1, -0.05) is 0 Å². The predicted octanol–water partition coefficient (Wildman–Crippen LogP) is 2.89. The molecule has 0 radical (unpaired) electrons. The van der Waals surface area contributed by atoms with Gasteiger partial charge in [0.25, 0.3) is 5.91 Å². The van der Waals surface area contributed by atoms with Crippen molar-refractivity contribution in [2.45, 2.75) is 13.8 Å². The van der Waals surface area contributed by atoms with Crippen LogP contribution >= 0.6 is 11.3 Å². The molecular weight excluding hydrogens is 260 g/mol. The lowest BCUT2D eigenvalue weighted by molar-refractivity contribution is 0.102. The molecule has 0 saturated heterocycles. The topological polar surface area (TPSA) is 70.7 Å². The second-order valence-corrected chi connectivity index (χ2v) is 5.63. The smallest absolute Gasteiger partial charge is 0.275 e. The van der Waals surface area contributed by atoms with Gasteiger partial charge >= 0.3 is 0 Å². The largest absolute Gasteiger partial charge is 0.345 e. The average molecular weight is 272 g/mol. The quantitative estimate of drug-likeness (QED) is 0.753. The first kappa shape index (κ1) is 11.9. The summed E-state index contributed by atoms with van der Waals surface area (Å²) >= 11 is 1.52. The summed E-state index contributed by atoms with van der Waals surface area (Å²) in [6.07, 6.45) is 1.63. The number of fused-ring (bicyclic) bond motifs is 1. The zero-order valence-corrected chi connectivity index (χ0v) is 11.3. The van der Waals surface area contributed by atoms with Gasteiger partial charge in [-0.05, 0) is 32.0 Å². The van der Waals surface area contributed by atoms with Crippen LogP contribution in [-0.2, 0) is 0 Å². The van der Waals surface area contributed by atoms with Crippen LogP contribution in [-0.4, -0.2) is 20.9 Å². The maximum absolute atomic E-state index is 12.1. The van der Waals surface area contributed by atoms with E-state index in [0.717, 1.165) is 26.6 Å². The molecule has 2 aromatic heterocycles. The van der Waals surface area contributed by atoms with Crippen LogP contribution in [0.5, 0.6) is 0 Å². The fourth-order valence-corrected chi connectivity index (χ4v) is 2.76. The summed E-state index contributed by atoms with van der Waals surface area (Å²) in [7, 11) is 0. The summed E-state index contributed by atoms with van der Waals surface area (Å²) < 4.78 is 0. The minimum absolute atomic E-state index is 0.180. The molecule has 19 heavy (non-hydrogen) atoms. The van der Waals surface area contributed by atoms with E-state index in [0.29, 0.717) is 5.69 Å². The van der Waals surface area contributed by atoms with Gasteiger partial charge in [-0.3, -0.25) is 4.79 Å². The summed E-state index contributed by atoms with van der Waals surface area (Å²) in [6.45, 7) is 3.79. The van der Waals surface area contributed by atoms with Gasteiger partial charge in [-0.25, -0.2) is 9.97 Å². The number of aryl methyl sites for hydroxylation is 2. The first-order valence-electron chi connectivity index (χ1n) is 5.82. The highest BCUT2D eigenvalue weighted by Gasteiger charge is 2.14. The Balaban J connectivity index is 1.88. The van der Waals surface area contributed by atoms with Crippen molar-refractivity contribution in [2.75, 3.05) is 5.32 Å². The molecule has 5 nitrogen and oxygen atoms in total. The Bertz CT molecular complexity index is 759. The van der Waals surface area contributed by atoms with Crippen molar-refractivity contribution in [3.05, 3.63) is 40.1 Å². The van der Waals surface area contributed by atoms with Crippen LogP contribution in [0, 0.1) is 13.8 Å². The van der Waals surface area contributed by atoms with Gasteiger partial charge in [0.05, 0.1) is 22.4 Å². The maximum atomic E-state index is 12.1. The van der Waals surface area contributed by atoms with Crippen LogP contribution in [0.25, 0.3) is 11.0 Å². The Hall–Kier alpha value is -2.21. The molecule has 1 aromatic carbocycles. The highest BCUT2D eigenvalue weighted by atomic mass is 32.1. The SMILES string of the molecule is Cc1nc(C(=O)Nc2ccc3nc[nH]c3c2)c(C)s1. The molecule has 0 aliphatic rings. The molecule has 2 N–H and O–H groups in total. The van der Waals surface area contributed by atoms with Crippen molar-refractivity contribution in [1.29, 1.82) is 0 Å². The number of aromatic nitrogens is 3. The molecule has 0 fully saturated rings. The number of benzene rings is 1. The summed E-state index contributed by atoms with van der Waals surface area (Å²) in [5.41, 5.74) is 2.99. The van der Waals surface area contributed by atoms with Gasteiger partial charge in [-0.2, -0.15) is 0 Å². The minimum Gasteiger partial charge on any atom is -0.345 e. The number of hydrogen-bond acceptors (Lipinski definition) is 4. The standard InChI is InChI=1S/C13H12N4OS/c1-7-12(16-8(2)19-7)13(18)17-9-3-4-10-11(5-9)15-6-14-10/h3-6H,1-2H3,(H,14,15)(H,17,18). The Morgan fingerprint density at radius 1 is 1.37 bits per heavy atom. The fraction of sp³-hybridized carbons (Fsp3) is 0.154. The molecule has 1 amide bonds. The third-order valence-corrected chi connectivity index (χ3v) is 3.68. The highest BCUT2D eigenvalue weighted by Crippen LogP contribution is 2.19. The molecule has 96 valence electrons. The number of imidazole rings is 1. The van der Waals surface area contributed by atoms with Crippen molar-refractivity contribution >= 4 is 34.0 Å². The second-order valence-electron chi connectivity index (χ2n) is 4.23. The van der Waals surface area contributed by atoms with Crippen molar-refractivity contribution in [3.8, 4) is 0 Å². The third-order valence-electron chi connectivity index (χ3n) is 2.80. The zero-order valence-electron chi connectivity index (χ0n) is 10.5. The summed E-state index contributed by atoms with van der Waals surface area (Å²) in [5, 5.41) is 3.75. The van der Waals surface area contributed by atoms with E-state index in [1.165, 1.54) is 11.3 Å². The number of thiazole rings is 1. The fourth-order valence-electron chi connectivity index (χ4n) is 1.94. The van der Waals surface area contributed by atoms with Gasteiger partial charge in [-0.15, -0.1) is 11.3 Å². The van der Waals surface area contributed by atoms with E-state index in [2.05, 4.69) is 20.3 Å². The van der Waals surface area contributed by atoms with Crippen LogP contribution in [0.15, 0.2) is 24.5 Å². The lowest BCUT2D eigenvalue weighted by Gasteiger charge is -2.03. The number of nitrogens with one attached hydrogen (secondary N) is 2. The van der Waals surface area contributed by atoms with Crippen LogP contribution in [0.3, 0.4) is 0 Å². The lowest BCUT2D eigenvalue weighted by atomic mass is 10.2. The molecule has 0 spiro atoms. The average Bonchev–Trinajstić information content (AvgIpc) is 2.94. The van der Waals surface area contributed by atoms with E-state index in [-0.39, 0.29) is 5.91 Å². The first-order valence-corrected chi connectivity index (χ1v) is 6.63. The molecular formula is C13H12N4OS. The zero-order chi connectivity index (χ0) is 13.4. The highest BCUT2D eigenvalue weighted by molar-refractivity contribution is 7.11. The molecule has 0 bridgehead atoms. The number of H-pyrrole nitrogens is 1. The molecule has 0 aliphatic carbocycles. The van der Waals surface area contributed by atoms with Crippen LogP contribution in [0.4, 0.5) is 5.69 Å². The molecule has 2 heterocycles. The Morgan fingerprint density at radius 2 is 2.21 bits per heavy atom. The number of carbonyl (C=O) groups excluding carboxylic acids is 1. The number of nitrogens with zero attached hydrogens (tertiary/aromatic N) is 2. The molecule has 3 aromatic rings. The van der Waals surface area contributed by atoms with Crippen molar-refractivity contribution in [3.63, 3.8) is 0 Å². The van der Waals surface area contributed by atoms with E-state index in [4.69, 9.17) is 0 Å². The van der Waals surface area contributed by atoms with Gasteiger partial charge in [0, 0.05) is 10.6 Å². The molecule has 3 rings (SSSR count). The third kappa shape index (κ3) is 2.22. The molecule has 0 atom stereocenters. The normalized spacial score (nSPS) is 10.8. The van der Waals surface area contributed by atoms with Gasteiger partial charge in [0.2, 0.25) is 0 Å². The summed E-state index contributed by atoms with van der Waals surface area (Å²) in [4.78, 5) is 24.5. The van der Waals surface area contributed by atoms with E-state index >= 15 is 0 Å². The summed E-state index contributed by atoms with van der Waals surface area (Å²) in [6, 6.07) is 5.55. The first-order chi connectivity index (χ1) is 9.13. The molecule has 0 unspecified atom stereocenters. The predicted molar refractivity (Wildman–Crippen MR) is 75.6 cm³/mol. The van der Waals surface area contributed by atoms with Crippen molar-refractivity contribution in [1.82, 2.24) is 15.0 Å². The van der Waals surface area contributed by atoms with E-state index < -0.39 is 0 Å². The second kappa shape index (κ2) is 4.47. The number of anilines is 1. The van der Waals surface area contributed by atoms with Crippen LogP contribution in [0.2, 0.25) is 0 Å². The molecule has 6 heteroatoms. The molecule has 0 saturated carbocycles. The number of hydrogen-bond donors (Lipinski definition) is 2. The van der Waals surface area contributed by atoms with Crippen molar-refractivity contribution in [2.24, 2.45) is 0 Å². The number of rotatable bonds is 2. The summed E-state index contributed by atoms with van der Waals surface area (Å²) in [5.74, 6) is -0.180. The Labute approximate surface area is 113 Å². The van der Waals surface area contributed by atoms with E-state index in [1.54, 1.807) is 6.33 Å². The van der Waals surface area contributed by atoms with Gasteiger partial charge in [0.1, 0.15) is 5.69 Å². The van der Waals surface area contributed by atoms with Gasteiger partial charge in [0.15, 0.2) is 0 Å². The minimum atomic E-state index is -0.180. The number of carbonyl (C=O) groups is 1. The van der Waals surface area contributed by atoms with E-state index in [1.807, 2.05) is 32.0 Å². The molecule has 0 aliphatic heterocycles. The van der Waals surface area contributed by atoms with Crippen molar-refractivity contribution < 1.29 is 4.79 Å². The number of aromatic amines is 1. The maximum Gasteiger partial charge on any atom is 0.275 e. The van der Waals surface area contributed by atoms with Crippen LogP contribution < -0.4 is 5.32 Å². The number of amides is 1.